The monoisotopic (exact) mass is 454 g/mol. The van der Waals surface area contributed by atoms with Crippen molar-refractivity contribution in [2.75, 3.05) is 0 Å². The number of ketones is 1. The maximum Gasteiger partial charge on any atom is 0.202 e. The number of carbonyl (C=O) groups is 1. The van der Waals surface area contributed by atoms with Crippen LogP contribution in [-0.4, -0.2) is 20.9 Å². The molecule has 0 amide bonds. The zero-order chi connectivity index (χ0) is 19.7. The van der Waals surface area contributed by atoms with Crippen molar-refractivity contribution in [1.29, 1.82) is 0 Å². The maximum atomic E-state index is 12.7. The quantitative estimate of drug-likeness (QED) is 0.548. The van der Waals surface area contributed by atoms with Gasteiger partial charge in [-0.2, -0.15) is 0 Å². The van der Waals surface area contributed by atoms with Crippen LogP contribution in [0.1, 0.15) is 27.0 Å². The number of ether oxygens (including phenoxy) is 1. The Morgan fingerprint density at radius 2 is 2.04 bits per heavy atom. The van der Waals surface area contributed by atoms with E-state index >= 15 is 0 Å². The minimum atomic E-state index is -0.0459. The van der Waals surface area contributed by atoms with Crippen molar-refractivity contribution in [3.05, 3.63) is 80.6 Å². The Hall–Kier alpha value is -2.64. The molecule has 1 aromatic carbocycles. The summed E-state index contributed by atoms with van der Waals surface area (Å²) >= 11 is 4.79. The van der Waals surface area contributed by atoms with E-state index in [4.69, 9.17) is 4.74 Å². The molecule has 0 atom stereocenters. The zero-order valence-electron chi connectivity index (χ0n) is 14.8. The number of rotatable bonds is 4. The van der Waals surface area contributed by atoms with Crippen molar-refractivity contribution in [1.82, 2.24) is 9.97 Å². The van der Waals surface area contributed by atoms with Gasteiger partial charge in [-0.1, -0.05) is 27.7 Å². The molecule has 0 bridgehead atoms. The molecule has 0 unspecified atom stereocenters. The van der Waals surface area contributed by atoms with Crippen molar-refractivity contribution < 1.29 is 14.6 Å². The number of aromatic hydroxyl groups is 1. The topological polar surface area (TPSA) is 72.3 Å². The number of thioether (sulfide) groups is 1. The predicted molar refractivity (Wildman–Crippen MR) is 112 cm³/mol. The number of pyridine rings is 2. The lowest BCUT2D eigenvalue weighted by atomic mass is 10.1. The highest BCUT2D eigenvalue weighted by Crippen LogP contribution is 2.41. The van der Waals surface area contributed by atoms with Gasteiger partial charge >= 0.3 is 0 Å². The first kappa shape index (κ1) is 18.7. The van der Waals surface area contributed by atoms with Gasteiger partial charge in [-0.15, -0.1) is 0 Å². The second kappa shape index (κ2) is 7.77. The second-order valence-electron chi connectivity index (χ2n) is 6.29. The lowest BCUT2D eigenvalue weighted by Gasteiger charge is -2.10. The van der Waals surface area contributed by atoms with E-state index in [1.54, 1.807) is 36.8 Å². The van der Waals surface area contributed by atoms with E-state index < -0.39 is 0 Å². The molecule has 0 saturated carbocycles. The Morgan fingerprint density at radius 1 is 1.25 bits per heavy atom. The third-order valence-electron chi connectivity index (χ3n) is 4.17. The fraction of sp³-hybridized carbons (Fsp3) is 0.0952. The van der Waals surface area contributed by atoms with Crippen molar-refractivity contribution in [2.45, 2.75) is 18.6 Å². The van der Waals surface area contributed by atoms with Crippen LogP contribution < -0.4 is 4.74 Å². The van der Waals surface area contributed by atoms with Crippen LogP contribution in [0, 0.1) is 6.92 Å². The fourth-order valence-electron chi connectivity index (χ4n) is 2.75. The van der Waals surface area contributed by atoms with Crippen molar-refractivity contribution in [3.63, 3.8) is 0 Å². The van der Waals surface area contributed by atoms with Gasteiger partial charge < -0.3 is 9.84 Å². The number of aryl methyl sites for hydroxylation is 1. The highest BCUT2D eigenvalue weighted by atomic mass is 79.9. The minimum Gasteiger partial charge on any atom is -0.504 e. The molecule has 5 nitrogen and oxygen atoms in total. The Labute approximate surface area is 174 Å². The van der Waals surface area contributed by atoms with Gasteiger partial charge in [0.15, 0.2) is 11.5 Å². The summed E-state index contributed by atoms with van der Waals surface area (Å²) in [7, 11) is 0. The summed E-state index contributed by atoms with van der Waals surface area (Å²) < 4.78 is 6.42. The summed E-state index contributed by atoms with van der Waals surface area (Å²) in [4.78, 5) is 21.6. The van der Waals surface area contributed by atoms with Crippen molar-refractivity contribution in [3.8, 4) is 11.5 Å². The highest BCUT2D eigenvalue weighted by Gasteiger charge is 2.27. The van der Waals surface area contributed by atoms with Crippen LogP contribution in [0.3, 0.4) is 0 Å². The van der Waals surface area contributed by atoms with Crippen LogP contribution in [-0.2, 0) is 6.61 Å². The molecule has 0 saturated heterocycles. The van der Waals surface area contributed by atoms with Gasteiger partial charge in [0.05, 0.1) is 10.5 Å². The van der Waals surface area contributed by atoms with Crippen LogP contribution in [0.4, 0.5) is 0 Å². The summed E-state index contributed by atoms with van der Waals surface area (Å²) in [6.45, 7) is 2.21. The van der Waals surface area contributed by atoms with E-state index in [9.17, 15) is 9.90 Å². The Balaban J connectivity index is 1.61. The molecular weight excluding hydrogens is 440 g/mol. The fourth-order valence-corrected chi connectivity index (χ4v) is 4.15. The Kier molecular flexibility index (Phi) is 5.19. The molecule has 0 spiro atoms. The number of hydrogen-bond acceptors (Lipinski definition) is 6. The number of hydrogen-bond donors (Lipinski definition) is 1. The summed E-state index contributed by atoms with van der Waals surface area (Å²) in [6, 6.07) is 8.82. The van der Waals surface area contributed by atoms with E-state index in [2.05, 4.69) is 25.9 Å². The Morgan fingerprint density at radius 3 is 2.82 bits per heavy atom. The average Bonchev–Trinajstić information content (AvgIpc) is 2.99. The van der Waals surface area contributed by atoms with Gasteiger partial charge in [-0.05, 0) is 60.0 Å². The smallest absolute Gasteiger partial charge is 0.202 e. The van der Waals surface area contributed by atoms with Crippen LogP contribution >= 0.6 is 27.7 Å². The zero-order valence-corrected chi connectivity index (χ0v) is 17.3. The summed E-state index contributed by atoms with van der Waals surface area (Å²) in [5, 5.41) is 10.9. The van der Waals surface area contributed by atoms with E-state index in [-0.39, 0.29) is 11.5 Å². The lowest BCUT2D eigenvalue weighted by Crippen LogP contribution is -1.97. The van der Waals surface area contributed by atoms with Crippen LogP contribution in [0.2, 0.25) is 0 Å². The number of allylic oxidation sites excluding steroid dienone is 1. The van der Waals surface area contributed by atoms with Gasteiger partial charge in [0.1, 0.15) is 11.6 Å². The number of carbonyl (C=O) groups excluding carboxylic acids is 1. The van der Waals surface area contributed by atoms with E-state index in [0.717, 1.165) is 16.7 Å². The molecule has 140 valence electrons. The molecule has 0 aliphatic carbocycles. The first-order valence-corrected chi connectivity index (χ1v) is 10.1. The second-order valence-corrected chi connectivity index (χ2v) is 8.18. The molecule has 7 heteroatoms. The molecule has 0 fully saturated rings. The Bertz CT molecular complexity index is 1100. The third kappa shape index (κ3) is 3.81. The number of phenolic OH excluding ortho intramolecular Hbond substituents is 1. The largest absolute Gasteiger partial charge is 0.504 e. The SMILES string of the molecule is Cc1cnc2c(c1)C(=O)/C(=C/c1cc(OCc3ccncc3)c(O)cc1Br)S2. The molecule has 4 rings (SSSR count). The van der Waals surface area contributed by atoms with E-state index in [1.807, 2.05) is 25.1 Å². The number of halogens is 1. The molecule has 1 aliphatic rings. The van der Waals surface area contributed by atoms with Crippen molar-refractivity contribution in [2.24, 2.45) is 0 Å². The third-order valence-corrected chi connectivity index (χ3v) is 5.90. The average molecular weight is 455 g/mol. The van der Waals surface area contributed by atoms with Gasteiger partial charge in [-0.25, -0.2) is 4.98 Å². The van der Waals surface area contributed by atoms with Crippen molar-refractivity contribution >= 4 is 39.6 Å². The lowest BCUT2D eigenvalue weighted by molar-refractivity contribution is 0.104. The van der Waals surface area contributed by atoms with E-state index in [0.29, 0.717) is 32.3 Å². The predicted octanol–water partition coefficient (Wildman–Crippen LogP) is 5.16. The van der Waals surface area contributed by atoms with Gasteiger partial charge in [0.2, 0.25) is 5.78 Å². The maximum absolute atomic E-state index is 12.7. The molecule has 1 aliphatic heterocycles. The molecule has 1 N–H and O–H groups in total. The molecule has 0 radical (unpaired) electrons. The molecule has 3 heterocycles. The summed E-state index contributed by atoms with van der Waals surface area (Å²) in [6.07, 6.45) is 6.91. The van der Waals surface area contributed by atoms with Gasteiger partial charge in [0, 0.05) is 23.1 Å². The molecule has 28 heavy (non-hydrogen) atoms. The highest BCUT2D eigenvalue weighted by molar-refractivity contribution is 9.10. The normalized spacial score (nSPS) is 14.4. The number of phenols is 1. The molecule has 2 aromatic heterocycles. The van der Waals surface area contributed by atoms with E-state index in [1.165, 1.54) is 11.8 Å². The van der Waals surface area contributed by atoms with Gasteiger partial charge in [-0.3, -0.25) is 9.78 Å². The van der Waals surface area contributed by atoms with Crippen LogP contribution in [0.15, 0.2) is 63.3 Å². The molecule has 3 aromatic rings. The van der Waals surface area contributed by atoms with Crippen LogP contribution in [0.25, 0.3) is 6.08 Å². The number of Topliss-reactive ketones (excluding diaryl/α,β-unsaturated/α-hetero) is 1. The molecular formula is C21H15BrN2O3S. The first-order valence-electron chi connectivity index (χ1n) is 8.46. The standard InChI is InChI=1S/C21H15BrN2O3S/c1-12-6-15-20(26)19(28-21(15)24-10-12)8-14-7-18(17(25)9-16(14)22)27-11-13-2-4-23-5-3-13/h2-10,25H,11H2,1H3/b19-8-. The summed E-state index contributed by atoms with van der Waals surface area (Å²) in [5.41, 5.74) is 3.26. The number of nitrogens with zero attached hydrogens (tertiary/aromatic N) is 2. The van der Waals surface area contributed by atoms with Crippen LogP contribution in [0.5, 0.6) is 11.5 Å². The number of fused-ring (bicyclic) bond motifs is 1. The number of benzene rings is 1. The first-order chi connectivity index (χ1) is 13.5. The summed E-state index contributed by atoms with van der Waals surface area (Å²) in [5.74, 6) is 0.318. The van der Waals surface area contributed by atoms with Gasteiger partial charge in [0.25, 0.3) is 0 Å². The number of aromatic nitrogens is 2. The minimum absolute atomic E-state index is 0.0223.